The van der Waals surface area contributed by atoms with Gasteiger partial charge in [-0.15, -0.1) is 0 Å². The van der Waals surface area contributed by atoms with Gasteiger partial charge in [-0.3, -0.25) is 9.59 Å². The van der Waals surface area contributed by atoms with Crippen LogP contribution in [0.2, 0.25) is 0 Å². The number of esters is 1. The number of methoxy groups -OCH3 is 1. The van der Waals surface area contributed by atoms with E-state index in [2.05, 4.69) is 4.99 Å². The average Bonchev–Trinajstić information content (AvgIpc) is 3.12. The topological polar surface area (TPSA) is 121 Å². The number of carbonyl (C=O) groups excluding carboxylic acids is 2. The highest BCUT2D eigenvalue weighted by molar-refractivity contribution is 7.89. The fourth-order valence-corrected chi connectivity index (χ4v) is 5.02. The second-order valence-corrected chi connectivity index (χ2v) is 9.59. The number of amides is 1. The Morgan fingerprint density at radius 1 is 1.06 bits per heavy atom. The summed E-state index contributed by atoms with van der Waals surface area (Å²) >= 11 is 1.14. The number of ether oxygens (including phenoxy) is 1. The quantitative estimate of drug-likeness (QED) is 0.451. The van der Waals surface area contributed by atoms with E-state index in [1.54, 1.807) is 22.8 Å². The van der Waals surface area contributed by atoms with Crippen molar-refractivity contribution in [2.45, 2.75) is 17.9 Å². The molecule has 4 rings (SSSR count). The number of thiazole rings is 1. The van der Waals surface area contributed by atoms with Gasteiger partial charge in [-0.1, -0.05) is 41.7 Å². The number of aryl methyl sites for hydroxylation is 1. The maximum Gasteiger partial charge on any atom is 0.307 e. The zero-order valence-electron chi connectivity index (χ0n) is 17.0. The minimum atomic E-state index is -3.89. The Hall–Kier alpha value is -3.34. The number of nitrogens with zero attached hydrogens (tertiary/aromatic N) is 2. The monoisotopic (exact) mass is 469 g/mol. The molecular weight excluding hydrogens is 450 g/mol. The number of sulfonamides is 1. The molecule has 0 saturated heterocycles. The van der Waals surface area contributed by atoms with Crippen LogP contribution >= 0.6 is 11.3 Å². The van der Waals surface area contributed by atoms with E-state index in [1.165, 1.54) is 19.2 Å². The SMILES string of the molecule is COC(=O)CCn1c(=NC(=O)c2ccc3ccccc3c2)sc2cc(S(N)(=O)=O)ccc21. The Morgan fingerprint density at radius 3 is 2.53 bits per heavy atom. The smallest absolute Gasteiger partial charge is 0.307 e. The lowest BCUT2D eigenvalue weighted by Gasteiger charge is -2.05. The molecule has 1 heterocycles. The molecule has 164 valence electrons. The third kappa shape index (κ3) is 4.47. The van der Waals surface area contributed by atoms with Crippen LogP contribution in [0.15, 0.2) is 70.6 Å². The summed E-state index contributed by atoms with van der Waals surface area (Å²) in [5, 5.41) is 7.17. The number of nitrogens with two attached hydrogens (primary N) is 1. The molecule has 0 spiro atoms. The number of fused-ring (bicyclic) bond motifs is 2. The number of hydrogen-bond acceptors (Lipinski definition) is 6. The van der Waals surface area contributed by atoms with Crippen molar-refractivity contribution < 1.29 is 22.7 Å². The highest BCUT2D eigenvalue weighted by Gasteiger charge is 2.15. The molecule has 2 N–H and O–H groups in total. The summed E-state index contributed by atoms with van der Waals surface area (Å²) in [5.74, 6) is -0.856. The Labute approximate surface area is 187 Å². The zero-order chi connectivity index (χ0) is 22.9. The first kappa shape index (κ1) is 21.9. The van der Waals surface area contributed by atoms with Gasteiger partial charge < -0.3 is 9.30 Å². The molecule has 0 fully saturated rings. The highest BCUT2D eigenvalue weighted by atomic mass is 32.2. The first-order valence-corrected chi connectivity index (χ1v) is 11.9. The van der Waals surface area contributed by atoms with E-state index in [-0.39, 0.29) is 17.9 Å². The molecule has 4 aromatic rings. The summed E-state index contributed by atoms with van der Waals surface area (Å²) in [6, 6.07) is 17.4. The van der Waals surface area contributed by atoms with Crippen molar-refractivity contribution in [1.29, 1.82) is 0 Å². The molecule has 0 aliphatic carbocycles. The van der Waals surface area contributed by atoms with Crippen LogP contribution < -0.4 is 9.94 Å². The predicted octanol–water partition coefficient (Wildman–Crippen LogP) is 2.81. The lowest BCUT2D eigenvalue weighted by atomic mass is 10.1. The summed E-state index contributed by atoms with van der Waals surface area (Å²) in [6.45, 7) is 0.214. The van der Waals surface area contributed by atoms with Gasteiger partial charge in [0.15, 0.2) is 4.80 Å². The van der Waals surface area contributed by atoms with Gasteiger partial charge in [0.05, 0.1) is 28.6 Å². The molecule has 0 radical (unpaired) electrons. The van der Waals surface area contributed by atoms with Gasteiger partial charge in [0.25, 0.3) is 5.91 Å². The Balaban J connectivity index is 1.83. The molecule has 1 amide bonds. The molecule has 0 bridgehead atoms. The first-order valence-electron chi connectivity index (χ1n) is 9.57. The standard InChI is InChI=1S/C22H19N3O5S2/c1-30-20(26)10-11-25-18-9-8-17(32(23,28)29)13-19(18)31-22(25)24-21(27)16-7-6-14-4-2-3-5-15(14)12-16/h2-9,12-13H,10-11H2,1H3,(H2,23,28,29). The zero-order valence-corrected chi connectivity index (χ0v) is 18.7. The fraction of sp³-hybridized carbons (Fsp3) is 0.136. The lowest BCUT2D eigenvalue weighted by Crippen LogP contribution is -2.19. The van der Waals surface area contributed by atoms with E-state index >= 15 is 0 Å². The van der Waals surface area contributed by atoms with E-state index in [9.17, 15) is 18.0 Å². The Bertz CT molecular complexity index is 1530. The van der Waals surface area contributed by atoms with Crippen LogP contribution in [0.1, 0.15) is 16.8 Å². The van der Waals surface area contributed by atoms with E-state index < -0.39 is 21.9 Å². The first-order chi connectivity index (χ1) is 15.3. The number of hydrogen-bond donors (Lipinski definition) is 1. The van der Waals surface area contributed by atoms with Crippen molar-refractivity contribution in [2.75, 3.05) is 7.11 Å². The molecule has 0 aliphatic heterocycles. The van der Waals surface area contributed by atoms with Gasteiger partial charge >= 0.3 is 5.97 Å². The molecule has 0 atom stereocenters. The van der Waals surface area contributed by atoms with Crippen LogP contribution in [0.4, 0.5) is 0 Å². The van der Waals surface area contributed by atoms with Gasteiger partial charge in [-0.2, -0.15) is 4.99 Å². The Kier molecular flexibility index (Phi) is 5.92. The molecule has 10 heteroatoms. The third-order valence-electron chi connectivity index (χ3n) is 4.94. The second kappa shape index (κ2) is 8.65. The van der Waals surface area contributed by atoms with Crippen LogP contribution in [0.5, 0.6) is 0 Å². The third-order valence-corrected chi connectivity index (χ3v) is 6.90. The minimum absolute atomic E-state index is 0.0428. The van der Waals surface area contributed by atoms with Crippen LogP contribution in [0.3, 0.4) is 0 Å². The number of aromatic nitrogens is 1. The second-order valence-electron chi connectivity index (χ2n) is 7.02. The number of primary sulfonamides is 1. The summed E-state index contributed by atoms with van der Waals surface area (Å²) in [5.41, 5.74) is 1.06. The maximum absolute atomic E-state index is 12.9. The van der Waals surface area contributed by atoms with Crippen molar-refractivity contribution in [2.24, 2.45) is 10.1 Å². The predicted molar refractivity (Wildman–Crippen MR) is 122 cm³/mol. The van der Waals surface area contributed by atoms with E-state index in [0.29, 0.717) is 20.6 Å². The molecule has 1 aromatic heterocycles. The van der Waals surface area contributed by atoms with Crippen LogP contribution in [0.25, 0.3) is 21.0 Å². The van der Waals surface area contributed by atoms with Gasteiger partial charge in [0.2, 0.25) is 10.0 Å². The molecule has 3 aromatic carbocycles. The normalized spacial score (nSPS) is 12.4. The van der Waals surface area contributed by atoms with Gasteiger partial charge in [0, 0.05) is 12.1 Å². The molecule has 0 unspecified atom stereocenters. The van der Waals surface area contributed by atoms with Crippen molar-refractivity contribution in [3.05, 3.63) is 71.0 Å². The lowest BCUT2D eigenvalue weighted by molar-refractivity contribution is -0.140. The van der Waals surface area contributed by atoms with Crippen molar-refractivity contribution >= 4 is 54.2 Å². The van der Waals surface area contributed by atoms with Crippen LogP contribution in [-0.4, -0.2) is 32.0 Å². The largest absolute Gasteiger partial charge is 0.469 e. The molecule has 0 saturated carbocycles. The maximum atomic E-state index is 12.9. The average molecular weight is 470 g/mol. The van der Waals surface area contributed by atoms with Gasteiger partial charge in [0.1, 0.15) is 0 Å². The summed E-state index contributed by atoms with van der Waals surface area (Å²) in [4.78, 5) is 29.2. The van der Waals surface area contributed by atoms with Crippen molar-refractivity contribution in [3.63, 3.8) is 0 Å². The van der Waals surface area contributed by atoms with Gasteiger partial charge in [-0.25, -0.2) is 13.6 Å². The van der Waals surface area contributed by atoms with Crippen molar-refractivity contribution in [1.82, 2.24) is 4.57 Å². The van der Waals surface area contributed by atoms with E-state index in [0.717, 1.165) is 22.1 Å². The van der Waals surface area contributed by atoms with E-state index in [4.69, 9.17) is 9.88 Å². The van der Waals surface area contributed by atoms with Crippen LogP contribution in [-0.2, 0) is 26.1 Å². The number of carbonyl (C=O) groups is 2. The molecule has 0 aliphatic rings. The van der Waals surface area contributed by atoms with Crippen molar-refractivity contribution in [3.8, 4) is 0 Å². The summed E-state index contributed by atoms with van der Waals surface area (Å²) in [7, 11) is -2.59. The van der Waals surface area contributed by atoms with Gasteiger partial charge in [-0.05, 0) is 41.1 Å². The van der Waals surface area contributed by atoms with Crippen LogP contribution in [0, 0.1) is 0 Å². The molecule has 32 heavy (non-hydrogen) atoms. The summed E-state index contributed by atoms with van der Waals surface area (Å²) in [6.07, 6.45) is 0.0661. The number of rotatable bonds is 5. The minimum Gasteiger partial charge on any atom is -0.469 e. The van der Waals surface area contributed by atoms with E-state index in [1.807, 2.05) is 30.3 Å². The molecular formula is C22H19N3O5S2. The Morgan fingerprint density at radius 2 is 1.81 bits per heavy atom. The fourth-order valence-electron chi connectivity index (χ4n) is 3.31. The molecule has 8 nitrogen and oxygen atoms in total. The highest BCUT2D eigenvalue weighted by Crippen LogP contribution is 2.22. The number of benzene rings is 3. The summed E-state index contributed by atoms with van der Waals surface area (Å²) < 4.78 is 30.4.